The molecule has 0 bridgehead atoms. The molecule has 1 saturated carbocycles. The molecular weight excluding hydrogens is 783 g/mol. The Labute approximate surface area is 333 Å². The third kappa shape index (κ3) is 7.75. The van der Waals surface area contributed by atoms with Crippen LogP contribution in [0.25, 0.3) is 22.7 Å². The summed E-state index contributed by atoms with van der Waals surface area (Å²) >= 11 is 6.15. The quantitative estimate of drug-likeness (QED) is 0.201. The van der Waals surface area contributed by atoms with Crippen molar-refractivity contribution in [2.45, 2.75) is 58.8 Å². The minimum atomic E-state index is -4.62. The fourth-order valence-electron chi connectivity index (χ4n) is 7.19. The van der Waals surface area contributed by atoms with Crippen molar-refractivity contribution >= 4 is 46.1 Å². The highest BCUT2D eigenvalue weighted by Gasteiger charge is 2.33. The predicted molar refractivity (Wildman–Crippen MR) is 206 cm³/mol. The van der Waals surface area contributed by atoms with Crippen molar-refractivity contribution in [3.63, 3.8) is 0 Å². The molecular formula is C38H39ClF3N11O5. The Bertz CT molecular complexity index is 2520. The molecule has 1 saturated heterocycles. The van der Waals surface area contributed by atoms with Crippen LogP contribution < -0.4 is 15.8 Å². The van der Waals surface area contributed by atoms with Crippen LogP contribution in [0, 0.1) is 12.8 Å². The predicted octanol–water partition coefficient (Wildman–Crippen LogP) is 4.61. The lowest BCUT2D eigenvalue weighted by Gasteiger charge is -2.36. The first-order chi connectivity index (χ1) is 27.8. The molecule has 2 amide bonds. The van der Waals surface area contributed by atoms with E-state index in [0.717, 1.165) is 47.7 Å². The van der Waals surface area contributed by atoms with Crippen molar-refractivity contribution in [1.82, 2.24) is 43.8 Å². The van der Waals surface area contributed by atoms with Gasteiger partial charge in [-0.1, -0.05) is 24.6 Å². The summed E-state index contributed by atoms with van der Waals surface area (Å²) in [6.07, 6.45) is 3.79. The van der Waals surface area contributed by atoms with E-state index in [0.29, 0.717) is 42.6 Å². The third-order valence-electron chi connectivity index (χ3n) is 10.5. The van der Waals surface area contributed by atoms with Gasteiger partial charge in [-0.25, -0.2) is 9.97 Å². The second-order valence-electron chi connectivity index (χ2n) is 14.5. The highest BCUT2D eigenvalue weighted by molar-refractivity contribution is 6.33. The van der Waals surface area contributed by atoms with Crippen LogP contribution in [0.1, 0.15) is 59.5 Å². The molecule has 20 heteroatoms. The lowest BCUT2D eigenvalue weighted by molar-refractivity contribution is -0.137. The number of rotatable bonds is 10. The number of halogens is 4. The monoisotopic (exact) mass is 821 g/mol. The van der Waals surface area contributed by atoms with Crippen molar-refractivity contribution in [1.29, 1.82) is 0 Å². The van der Waals surface area contributed by atoms with E-state index in [2.05, 4.69) is 30.5 Å². The summed E-state index contributed by atoms with van der Waals surface area (Å²) in [5.41, 5.74) is 0.762. The molecule has 16 nitrogen and oxygen atoms in total. The van der Waals surface area contributed by atoms with E-state index in [4.69, 9.17) is 16.3 Å². The highest BCUT2D eigenvalue weighted by atomic mass is 35.5. The summed E-state index contributed by atoms with van der Waals surface area (Å²) in [7, 11) is 0. The first kappa shape index (κ1) is 39.0. The van der Waals surface area contributed by atoms with Crippen LogP contribution in [-0.4, -0.2) is 100 Å². The Morgan fingerprint density at radius 1 is 1.09 bits per heavy atom. The van der Waals surface area contributed by atoms with E-state index < -0.39 is 29.1 Å². The number of hydrogen-bond donors (Lipinski definition) is 2. The summed E-state index contributed by atoms with van der Waals surface area (Å²) in [6.45, 7) is 5.37. The van der Waals surface area contributed by atoms with E-state index >= 15 is 0 Å². The Kier molecular flexibility index (Phi) is 10.4. The Balaban J connectivity index is 1.08. The largest absolute Gasteiger partial charge is 0.504 e. The van der Waals surface area contributed by atoms with Crippen LogP contribution >= 0.6 is 11.6 Å². The molecule has 0 atom stereocenters. The molecule has 5 aromatic rings. The molecule has 6 heterocycles. The summed E-state index contributed by atoms with van der Waals surface area (Å²) in [6, 6.07) is 2.64. The fourth-order valence-corrected chi connectivity index (χ4v) is 7.42. The number of aromatic hydroxyl groups is 1. The standard InChI is InChI=1S/C38H39ClF3N11O5/c1-3-28-31(49-10-12-50(13-11-49)35(56)30-32(55)21(2)44-33(46-30)24-17-43-51(19-24)18-22-4-5-22)36(57)53-37(47-34(48-53)23-8-14-58-15-9-23)52(28)20-29(54)45-27-7-6-25(16-26(27)39)38(40,41)42/h6-8,16-17,19,22,55H,3-5,9-15,18,20H2,1-2H3,(H,45,54). The molecule has 2 N–H and O–H groups in total. The number of ether oxygens (including phenoxy) is 1. The number of carbonyl (C=O) groups is 2. The van der Waals surface area contributed by atoms with Crippen LogP contribution in [0.5, 0.6) is 5.75 Å². The van der Waals surface area contributed by atoms with Gasteiger partial charge in [0.25, 0.3) is 11.5 Å². The summed E-state index contributed by atoms with van der Waals surface area (Å²) < 4.78 is 49.8. The molecule has 304 valence electrons. The van der Waals surface area contributed by atoms with Crippen molar-refractivity contribution < 1.29 is 32.6 Å². The SMILES string of the molecule is CCc1c(N2CCN(C(=O)c3nc(-c4cnn(CC5CC5)c4)nc(C)c3O)CC2)c(=O)n2nc(C3=CCOCC3)nc2n1CC(=O)Nc1ccc(C(F)(F)F)cc1Cl. The minimum Gasteiger partial charge on any atom is -0.504 e. The molecule has 0 radical (unpaired) electrons. The van der Waals surface area contributed by atoms with Crippen LogP contribution in [0.2, 0.25) is 5.02 Å². The van der Waals surface area contributed by atoms with Crippen molar-refractivity contribution in [3.8, 4) is 17.1 Å². The lowest BCUT2D eigenvalue weighted by atomic mass is 10.1. The van der Waals surface area contributed by atoms with E-state index in [1.54, 1.807) is 22.6 Å². The molecule has 4 aromatic heterocycles. The van der Waals surface area contributed by atoms with Crippen LogP contribution in [0.15, 0.2) is 41.5 Å². The normalized spacial score (nSPS) is 16.2. The van der Waals surface area contributed by atoms with E-state index in [9.17, 15) is 32.7 Å². The average molecular weight is 822 g/mol. The number of aryl methyl sites for hydroxylation is 1. The van der Waals surface area contributed by atoms with Gasteiger partial charge in [0.15, 0.2) is 23.1 Å². The highest BCUT2D eigenvalue weighted by Crippen LogP contribution is 2.34. The lowest BCUT2D eigenvalue weighted by Crippen LogP contribution is -2.51. The van der Waals surface area contributed by atoms with Crippen LogP contribution in [0.3, 0.4) is 0 Å². The number of aromatic nitrogens is 8. The smallest absolute Gasteiger partial charge is 0.416 e. The Hall–Kier alpha value is -5.82. The van der Waals surface area contributed by atoms with Gasteiger partial charge in [0, 0.05) is 38.9 Å². The van der Waals surface area contributed by atoms with Gasteiger partial charge in [0.05, 0.1) is 52.6 Å². The molecule has 8 rings (SSSR count). The zero-order chi connectivity index (χ0) is 40.9. The topological polar surface area (TPSA) is 178 Å². The van der Waals surface area contributed by atoms with Gasteiger partial charge < -0.3 is 29.5 Å². The summed E-state index contributed by atoms with van der Waals surface area (Å²) in [5, 5.41) is 22.2. The maximum absolute atomic E-state index is 14.4. The minimum absolute atomic E-state index is 0.0222. The Morgan fingerprint density at radius 2 is 1.86 bits per heavy atom. The number of alkyl halides is 3. The number of nitrogens with zero attached hydrogens (tertiary/aromatic N) is 10. The molecule has 1 aliphatic carbocycles. The van der Waals surface area contributed by atoms with E-state index in [1.807, 2.05) is 28.8 Å². The first-order valence-corrected chi connectivity index (χ1v) is 19.3. The van der Waals surface area contributed by atoms with Gasteiger partial charge >= 0.3 is 6.18 Å². The zero-order valence-electron chi connectivity index (χ0n) is 31.6. The number of anilines is 2. The zero-order valence-corrected chi connectivity index (χ0v) is 32.3. The van der Waals surface area contributed by atoms with Gasteiger partial charge in [0.2, 0.25) is 11.7 Å². The Morgan fingerprint density at radius 3 is 2.53 bits per heavy atom. The summed E-state index contributed by atoms with van der Waals surface area (Å²) in [4.78, 5) is 58.8. The average Bonchev–Trinajstić information content (AvgIpc) is 3.70. The first-order valence-electron chi connectivity index (χ1n) is 18.9. The molecule has 3 aliphatic rings. The summed E-state index contributed by atoms with van der Waals surface area (Å²) in [5.74, 6) is -0.180. The molecule has 2 aliphatic heterocycles. The van der Waals surface area contributed by atoms with Gasteiger partial charge in [0.1, 0.15) is 12.2 Å². The maximum Gasteiger partial charge on any atom is 0.416 e. The fraction of sp³-hybridized carbons (Fsp3) is 0.421. The van der Waals surface area contributed by atoms with Crippen molar-refractivity contribution in [2.24, 2.45) is 5.92 Å². The number of piperazine rings is 1. The van der Waals surface area contributed by atoms with E-state index in [-0.39, 0.29) is 84.3 Å². The van der Waals surface area contributed by atoms with Crippen LogP contribution in [0.4, 0.5) is 24.5 Å². The molecule has 1 aromatic carbocycles. The van der Waals surface area contributed by atoms with Gasteiger partial charge in [-0.2, -0.15) is 27.8 Å². The number of carbonyl (C=O) groups excluding carboxylic acids is 2. The van der Waals surface area contributed by atoms with E-state index in [1.165, 1.54) is 0 Å². The van der Waals surface area contributed by atoms with Crippen LogP contribution in [-0.2, 0) is 35.2 Å². The second kappa shape index (κ2) is 15.5. The molecule has 2 fully saturated rings. The van der Waals surface area contributed by atoms with Gasteiger partial charge in [-0.3, -0.25) is 19.1 Å². The number of benzene rings is 1. The van der Waals surface area contributed by atoms with Gasteiger partial charge in [-0.15, -0.1) is 5.10 Å². The maximum atomic E-state index is 14.4. The van der Waals surface area contributed by atoms with Gasteiger partial charge in [-0.05, 0) is 62.3 Å². The molecule has 0 spiro atoms. The number of fused-ring (bicyclic) bond motifs is 1. The number of nitrogens with one attached hydrogen (secondary N) is 1. The van der Waals surface area contributed by atoms with Crippen molar-refractivity contribution in [2.75, 3.05) is 49.6 Å². The van der Waals surface area contributed by atoms with Crippen molar-refractivity contribution in [3.05, 3.63) is 80.5 Å². The third-order valence-corrected chi connectivity index (χ3v) is 10.8. The molecule has 58 heavy (non-hydrogen) atoms. The molecule has 0 unspecified atom stereocenters. The number of amides is 2. The number of hydrogen-bond acceptors (Lipinski definition) is 11. The second-order valence-corrected chi connectivity index (χ2v) is 14.9.